The maximum absolute atomic E-state index is 5.62. The zero-order chi connectivity index (χ0) is 11.5. The van der Waals surface area contributed by atoms with E-state index in [-0.39, 0.29) is 0 Å². The van der Waals surface area contributed by atoms with E-state index < -0.39 is 0 Å². The molecule has 0 bridgehead atoms. The van der Waals surface area contributed by atoms with E-state index in [1.807, 2.05) is 0 Å². The van der Waals surface area contributed by atoms with Crippen LogP contribution in [0, 0.1) is 19.8 Å². The highest BCUT2D eigenvalue weighted by atomic mass is 32.1. The highest BCUT2D eigenvalue weighted by molar-refractivity contribution is 7.11. The molecule has 1 aromatic heterocycles. The Hall–Kier alpha value is -0.450. The van der Waals surface area contributed by atoms with Crippen molar-refractivity contribution >= 4 is 11.3 Å². The van der Waals surface area contributed by atoms with Crippen LogP contribution in [-0.4, -0.2) is 11.0 Å². The molecule has 0 aromatic carbocycles. The molecular formula is C12H21N3S. The molecule has 1 saturated carbocycles. The van der Waals surface area contributed by atoms with Crippen LogP contribution in [-0.2, 0) is 6.42 Å². The second-order valence-electron chi connectivity index (χ2n) is 4.85. The van der Waals surface area contributed by atoms with Crippen molar-refractivity contribution in [1.29, 1.82) is 0 Å². The molecule has 3 N–H and O–H groups in total. The number of aromatic nitrogens is 1. The van der Waals surface area contributed by atoms with Gasteiger partial charge in [-0.1, -0.05) is 19.3 Å². The second-order valence-corrected chi connectivity index (χ2v) is 6.14. The summed E-state index contributed by atoms with van der Waals surface area (Å²) in [5.41, 5.74) is 4.11. The van der Waals surface area contributed by atoms with Gasteiger partial charge < -0.3 is 0 Å². The van der Waals surface area contributed by atoms with Crippen LogP contribution in [0.2, 0.25) is 0 Å². The number of aryl methyl sites for hydroxylation is 2. The largest absolute Gasteiger partial charge is 0.271 e. The number of nitrogens with two attached hydrogens (primary N) is 1. The molecule has 1 aliphatic rings. The van der Waals surface area contributed by atoms with Gasteiger partial charge in [0.05, 0.1) is 10.7 Å². The molecule has 1 atom stereocenters. The van der Waals surface area contributed by atoms with Crippen molar-refractivity contribution in [1.82, 2.24) is 10.4 Å². The molecule has 90 valence electrons. The van der Waals surface area contributed by atoms with Gasteiger partial charge in [0.15, 0.2) is 0 Å². The topological polar surface area (TPSA) is 50.9 Å². The van der Waals surface area contributed by atoms with E-state index in [0.717, 1.165) is 12.3 Å². The van der Waals surface area contributed by atoms with E-state index in [1.54, 1.807) is 11.3 Å². The molecule has 0 aliphatic heterocycles. The summed E-state index contributed by atoms with van der Waals surface area (Å²) >= 11 is 1.80. The van der Waals surface area contributed by atoms with E-state index in [1.165, 1.54) is 41.3 Å². The highest BCUT2D eigenvalue weighted by Gasteiger charge is 2.22. The van der Waals surface area contributed by atoms with Crippen molar-refractivity contribution in [2.75, 3.05) is 0 Å². The minimum atomic E-state index is 0.398. The molecule has 0 amide bonds. The van der Waals surface area contributed by atoms with Crippen molar-refractivity contribution in [2.45, 2.75) is 52.0 Å². The van der Waals surface area contributed by atoms with Gasteiger partial charge in [0, 0.05) is 17.3 Å². The number of hydrogen-bond donors (Lipinski definition) is 2. The minimum Gasteiger partial charge on any atom is -0.271 e. The van der Waals surface area contributed by atoms with E-state index in [4.69, 9.17) is 5.84 Å². The molecule has 1 unspecified atom stereocenters. The summed E-state index contributed by atoms with van der Waals surface area (Å²) in [6.45, 7) is 4.21. The fraction of sp³-hybridized carbons (Fsp3) is 0.750. The molecule has 16 heavy (non-hydrogen) atoms. The van der Waals surface area contributed by atoms with Crippen LogP contribution in [0.25, 0.3) is 0 Å². The first kappa shape index (κ1) is 12.0. The Labute approximate surface area is 101 Å². The number of hydrogen-bond acceptors (Lipinski definition) is 4. The Morgan fingerprint density at radius 3 is 2.69 bits per heavy atom. The van der Waals surface area contributed by atoms with Crippen LogP contribution in [0.15, 0.2) is 0 Å². The van der Waals surface area contributed by atoms with Crippen LogP contribution in [0.4, 0.5) is 0 Å². The lowest BCUT2D eigenvalue weighted by Crippen LogP contribution is -2.39. The van der Waals surface area contributed by atoms with Crippen molar-refractivity contribution in [3.8, 4) is 0 Å². The van der Waals surface area contributed by atoms with Crippen LogP contribution in [0.1, 0.15) is 41.3 Å². The summed E-state index contributed by atoms with van der Waals surface area (Å²) in [4.78, 5) is 5.90. The van der Waals surface area contributed by atoms with Crippen LogP contribution in [0.5, 0.6) is 0 Å². The van der Waals surface area contributed by atoms with Crippen molar-refractivity contribution in [3.63, 3.8) is 0 Å². The Balaban J connectivity index is 1.89. The van der Waals surface area contributed by atoms with Gasteiger partial charge in [0.25, 0.3) is 0 Å². The lowest BCUT2D eigenvalue weighted by molar-refractivity contribution is 0.259. The normalized spacial score (nSPS) is 18.4. The van der Waals surface area contributed by atoms with Gasteiger partial charge in [0.1, 0.15) is 0 Å². The third-order valence-corrected chi connectivity index (χ3v) is 4.67. The number of rotatable bonds is 5. The van der Waals surface area contributed by atoms with Crippen LogP contribution >= 0.6 is 11.3 Å². The predicted octanol–water partition coefficient (Wildman–Crippen LogP) is 2.32. The van der Waals surface area contributed by atoms with Crippen molar-refractivity contribution in [3.05, 3.63) is 15.6 Å². The molecule has 0 saturated heterocycles. The number of thiazole rings is 1. The Kier molecular flexibility index (Phi) is 3.95. The molecule has 1 aliphatic carbocycles. The number of hydrazine groups is 1. The van der Waals surface area contributed by atoms with E-state index in [9.17, 15) is 0 Å². The van der Waals surface area contributed by atoms with Crippen LogP contribution < -0.4 is 11.3 Å². The number of nitrogens with zero attached hydrogens (tertiary/aromatic N) is 1. The first-order chi connectivity index (χ1) is 7.69. The molecule has 0 spiro atoms. The fourth-order valence-corrected chi connectivity index (χ4v) is 3.19. The van der Waals surface area contributed by atoms with Gasteiger partial charge in [-0.3, -0.25) is 11.3 Å². The van der Waals surface area contributed by atoms with Gasteiger partial charge in [-0.05, 0) is 26.2 Å². The maximum Gasteiger partial charge on any atom is 0.0946 e. The van der Waals surface area contributed by atoms with Gasteiger partial charge in [-0.15, -0.1) is 11.3 Å². The molecule has 0 radical (unpaired) electrons. The maximum atomic E-state index is 5.62. The zero-order valence-electron chi connectivity index (χ0n) is 10.1. The molecule has 1 aromatic rings. The predicted molar refractivity (Wildman–Crippen MR) is 68.4 cm³/mol. The van der Waals surface area contributed by atoms with Gasteiger partial charge in [-0.25, -0.2) is 4.98 Å². The molecule has 3 nitrogen and oxygen atoms in total. The molecule has 2 rings (SSSR count). The summed E-state index contributed by atoms with van der Waals surface area (Å²) < 4.78 is 0. The van der Waals surface area contributed by atoms with E-state index >= 15 is 0 Å². The molecular weight excluding hydrogens is 218 g/mol. The first-order valence-corrected chi connectivity index (χ1v) is 6.89. The van der Waals surface area contributed by atoms with Crippen molar-refractivity contribution in [2.24, 2.45) is 11.8 Å². The average molecular weight is 239 g/mol. The number of nitrogens with one attached hydrogen (secondary N) is 1. The smallest absolute Gasteiger partial charge is 0.0946 e. The SMILES string of the molecule is Cc1nc(CC(CC2CCC2)NN)sc1C. The molecule has 4 heteroatoms. The van der Waals surface area contributed by atoms with Gasteiger partial charge >= 0.3 is 0 Å². The van der Waals surface area contributed by atoms with E-state index in [2.05, 4.69) is 24.3 Å². The summed E-state index contributed by atoms with van der Waals surface area (Å²) in [5, 5.41) is 1.22. The minimum absolute atomic E-state index is 0.398. The second kappa shape index (κ2) is 5.25. The molecule has 1 fully saturated rings. The summed E-state index contributed by atoms with van der Waals surface area (Å²) in [6.07, 6.45) is 6.35. The monoisotopic (exact) mass is 239 g/mol. The zero-order valence-corrected chi connectivity index (χ0v) is 10.9. The van der Waals surface area contributed by atoms with Crippen LogP contribution in [0.3, 0.4) is 0 Å². The average Bonchev–Trinajstić information content (AvgIpc) is 2.50. The third-order valence-electron chi connectivity index (χ3n) is 3.57. The first-order valence-electron chi connectivity index (χ1n) is 6.08. The lowest BCUT2D eigenvalue weighted by Gasteiger charge is -2.29. The highest BCUT2D eigenvalue weighted by Crippen LogP contribution is 2.31. The Morgan fingerprint density at radius 2 is 2.25 bits per heavy atom. The Bertz CT molecular complexity index is 325. The fourth-order valence-electron chi connectivity index (χ4n) is 2.18. The summed E-state index contributed by atoms with van der Waals surface area (Å²) in [6, 6.07) is 0.398. The summed E-state index contributed by atoms with van der Waals surface area (Å²) in [7, 11) is 0. The third kappa shape index (κ3) is 2.81. The van der Waals surface area contributed by atoms with E-state index in [0.29, 0.717) is 6.04 Å². The van der Waals surface area contributed by atoms with Gasteiger partial charge in [0.2, 0.25) is 0 Å². The molecule has 1 heterocycles. The summed E-state index contributed by atoms with van der Waals surface area (Å²) in [5.74, 6) is 6.51. The standard InChI is InChI=1S/C12H21N3S/c1-8-9(2)16-12(14-8)7-11(15-13)6-10-4-3-5-10/h10-11,15H,3-7,13H2,1-2H3. The Morgan fingerprint density at radius 1 is 1.50 bits per heavy atom. The van der Waals surface area contributed by atoms with Gasteiger partial charge in [-0.2, -0.15) is 0 Å². The van der Waals surface area contributed by atoms with Crippen molar-refractivity contribution < 1.29 is 0 Å². The quantitative estimate of drug-likeness (QED) is 0.612. The lowest BCUT2D eigenvalue weighted by atomic mass is 9.80.